The lowest BCUT2D eigenvalue weighted by Crippen LogP contribution is -2.46. The van der Waals surface area contributed by atoms with Crippen LogP contribution in [-0.4, -0.2) is 71.7 Å². The number of carbonyl (C=O) groups is 3. The van der Waals surface area contributed by atoms with Crippen molar-refractivity contribution in [2.24, 2.45) is 0 Å². The molecule has 0 atom stereocenters. The molecule has 0 aliphatic carbocycles. The zero-order valence-corrected chi connectivity index (χ0v) is 20.9. The predicted molar refractivity (Wildman–Crippen MR) is 142 cm³/mol. The van der Waals surface area contributed by atoms with Crippen molar-refractivity contribution in [1.29, 1.82) is 0 Å². The third kappa shape index (κ3) is 5.96. The van der Waals surface area contributed by atoms with Gasteiger partial charge >= 0.3 is 0 Å². The third-order valence-corrected chi connectivity index (χ3v) is 7.06. The Morgan fingerprint density at radius 2 is 1.32 bits per heavy atom. The first-order valence-corrected chi connectivity index (χ1v) is 12.9. The molecule has 0 bridgehead atoms. The first-order valence-electron chi connectivity index (χ1n) is 12.9. The van der Waals surface area contributed by atoms with E-state index in [9.17, 15) is 14.4 Å². The van der Waals surface area contributed by atoms with Gasteiger partial charge in [-0.2, -0.15) is 0 Å². The summed E-state index contributed by atoms with van der Waals surface area (Å²) in [7, 11) is 0. The smallest absolute Gasteiger partial charge is 0.261 e. The number of piperazine rings is 1. The maximum atomic E-state index is 12.7. The van der Waals surface area contributed by atoms with Crippen LogP contribution >= 0.6 is 0 Å². The van der Waals surface area contributed by atoms with Gasteiger partial charge < -0.3 is 10.2 Å². The fourth-order valence-electron chi connectivity index (χ4n) is 5.00. The monoisotopic (exact) mass is 496 g/mol. The van der Waals surface area contributed by atoms with Crippen LogP contribution in [0.3, 0.4) is 0 Å². The normalized spacial score (nSPS) is 16.2. The van der Waals surface area contributed by atoms with Crippen molar-refractivity contribution < 1.29 is 14.4 Å². The number of imide groups is 1. The number of nitrogens with zero attached hydrogens (tertiary/aromatic N) is 3. The lowest BCUT2D eigenvalue weighted by molar-refractivity contribution is 0.0642. The van der Waals surface area contributed by atoms with Gasteiger partial charge in [-0.3, -0.25) is 24.2 Å². The number of rotatable bonds is 9. The minimum absolute atomic E-state index is 0.142. The van der Waals surface area contributed by atoms with Crippen molar-refractivity contribution in [3.05, 3.63) is 107 Å². The van der Waals surface area contributed by atoms with E-state index >= 15 is 0 Å². The highest BCUT2D eigenvalue weighted by Gasteiger charge is 2.35. The van der Waals surface area contributed by atoms with Crippen LogP contribution in [0.4, 0.5) is 0 Å². The molecule has 0 saturated carbocycles. The van der Waals surface area contributed by atoms with Crippen molar-refractivity contribution in [2.75, 3.05) is 39.3 Å². The van der Waals surface area contributed by atoms with E-state index < -0.39 is 0 Å². The highest BCUT2D eigenvalue weighted by molar-refractivity contribution is 6.21. The third-order valence-electron chi connectivity index (χ3n) is 7.06. The second-order valence-corrected chi connectivity index (χ2v) is 9.66. The van der Waals surface area contributed by atoms with Gasteiger partial charge in [0.05, 0.1) is 17.7 Å². The van der Waals surface area contributed by atoms with E-state index in [1.54, 1.807) is 42.5 Å². The van der Waals surface area contributed by atoms with Gasteiger partial charge in [0.25, 0.3) is 17.7 Å². The summed E-state index contributed by atoms with van der Waals surface area (Å²) in [5.41, 5.74) is 3.49. The predicted octanol–water partition coefficient (Wildman–Crippen LogP) is 3.42. The van der Waals surface area contributed by atoms with Crippen LogP contribution in [-0.2, 0) is 13.1 Å². The zero-order valence-electron chi connectivity index (χ0n) is 20.9. The van der Waals surface area contributed by atoms with Crippen molar-refractivity contribution in [1.82, 2.24) is 20.0 Å². The van der Waals surface area contributed by atoms with Crippen molar-refractivity contribution in [3.63, 3.8) is 0 Å². The number of hydrogen-bond acceptors (Lipinski definition) is 5. The number of hydrogen-bond donors (Lipinski definition) is 1. The second-order valence-electron chi connectivity index (χ2n) is 9.66. The van der Waals surface area contributed by atoms with Crippen LogP contribution in [0.1, 0.15) is 48.6 Å². The summed E-state index contributed by atoms with van der Waals surface area (Å²) < 4.78 is 0. The Bertz CT molecular complexity index is 1230. The van der Waals surface area contributed by atoms with Gasteiger partial charge in [0.1, 0.15) is 0 Å². The molecule has 2 aliphatic heterocycles. The van der Waals surface area contributed by atoms with Crippen molar-refractivity contribution in [3.8, 4) is 0 Å². The highest BCUT2D eigenvalue weighted by Crippen LogP contribution is 2.24. The van der Waals surface area contributed by atoms with E-state index in [2.05, 4.69) is 45.4 Å². The number of fused-ring (bicyclic) bond motifs is 1. The van der Waals surface area contributed by atoms with E-state index in [0.717, 1.165) is 51.3 Å². The van der Waals surface area contributed by atoms with Gasteiger partial charge in [-0.1, -0.05) is 54.6 Å². The average Bonchev–Trinajstić information content (AvgIpc) is 3.17. The molecule has 1 fully saturated rings. The summed E-state index contributed by atoms with van der Waals surface area (Å²) in [5, 5.41) is 3.01. The van der Waals surface area contributed by atoms with Gasteiger partial charge in [-0.15, -0.1) is 0 Å². The minimum Gasteiger partial charge on any atom is -0.352 e. The van der Waals surface area contributed by atoms with E-state index in [-0.39, 0.29) is 24.3 Å². The van der Waals surface area contributed by atoms with Gasteiger partial charge in [0.2, 0.25) is 0 Å². The summed E-state index contributed by atoms with van der Waals surface area (Å²) in [4.78, 5) is 44.2. The quantitative estimate of drug-likeness (QED) is 0.363. The van der Waals surface area contributed by atoms with Crippen molar-refractivity contribution >= 4 is 17.7 Å². The standard InChI is InChI=1S/C30H32N4O3/c35-28(31-14-7-15-32-16-18-33(19-17-32)21-23-8-2-1-3-9-23)25-11-6-10-24(20-25)22-34-29(36)26-12-4-5-13-27(26)30(34)37/h1-6,8-13,20H,7,14-19,21-22H2,(H,31,35). The summed E-state index contributed by atoms with van der Waals surface area (Å²) in [6, 6.07) is 24.6. The molecule has 3 amide bonds. The zero-order chi connectivity index (χ0) is 25.6. The molecule has 2 heterocycles. The van der Waals surface area contributed by atoms with Crippen LogP contribution in [0.15, 0.2) is 78.9 Å². The fraction of sp³-hybridized carbons (Fsp3) is 0.300. The molecule has 0 radical (unpaired) electrons. The Morgan fingerprint density at radius 1 is 0.703 bits per heavy atom. The molecule has 7 heteroatoms. The van der Waals surface area contributed by atoms with Crippen LogP contribution in [0.2, 0.25) is 0 Å². The summed E-state index contributed by atoms with van der Waals surface area (Å²) in [6.07, 6.45) is 0.888. The molecule has 1 N–H and O–H groups in total. The van der Waals surface area contributed by atoms with E-state index in [1.807, 2.05) is 6.07 Å². The SMILES string of the molecule is O=C(NCCCN1CCN(Cc2ccccc2)CC1)c1cccc(CN2C(=O)c3ccccc3C2=O)c1. The molecule has 0 aromatic heterocycles. The second kappa shape index (κ2) is 11.5. The van der Waals surface area contributed by atoms with E-state index in [1.165, 1.54) is 10.5 Å². The van der Waals surface area contributed by atoms with Crippen LogP contribution in [0.5, 0.6) is 0 Å². The number of nitrogens with one attached hydrogen (secondary N) is 1. The molecule has 2 aliphatic rings. The Hall–Kier alpha value is -3.81. The summed E-state index contributed by atoms with van der Waals surface area (Å²) >= 11 is 0. The average molecular weight is 497 g/mol. The lowest BCUT2D eigenvalue weighted by atomic mass is 10.1. The van der Waals surface area contributed by atoms with E-state index in [0.29, 0.717) is 23.2 Å². The van der Waals surface area contributed by atoms with E-state index in [4.69, 9.17) is 0 Å². The van der Waals surface area contributed by atoms with Gasteiger partial charge in [0.15, 0.2) is 0 Å². The molecule has 190 valence electrons. The largest absolute Gasteiger partial charge is 0.352 e. The molecule has 0 unspecified atom stereocenters. The van der Waals surface area contributed by atoms with Crippen molar-refractivity contribution in [2.45, 2.75) is 19.5 Å². The number of carbonyl (C=O) groups excluding carboxylic acids is 3. The van der Waals surface area contributed by atoms with Gasteiger partial charge in [0, 0.05) is 44.8 Å². The molecule has 0 spiro atoms. The Balaban J connectivity index is 1.05. The first kappa shape index (κ1) is 24.9. The topological polar surface area (TPSA) is 73.0 Å². The Labute approximate surface area is 217 Å². The molecule has 37 heavy (non-hydrogen) atoms. The highest BCUT2D eigenvalue weighted by atomic mass is 16.2. The number of benzene rings is 3. The Morgan fingerprint density at radius 3 is 2.03 bits per heavy atom. The molecular formula is C30H32N4O3. The van der Waals surface area contributed by atoms with Crippen LogP contribution in [0.25, 0.3) is 0 Å². The lowest BCUT2D eigenvalue weighted by Gasteiger charge is -2.34. The first-order chi connectivity index (χ1) is 18.1. The molecule has 5 rings (SSSR count). The molecule has 3 aromatic rings. The molecule has 1 saturated heterocycles. The molecule has 3 aromatic carbocycles. The fourth-order valence-corrected chi connectivity index (χ4v) is 5.00. The molecule has 7 nitrogen and oxygen atoms in total. The Kier molecular flexibility index (Phi) is 7.73. The van der Waals surface area contributed by atoms with Crippen LogP contribution < -0.4 is 5.32 Å². The summed E-state index contributed by atoms with van der Waals surface area (Å²) in [5.74, 6) is -0.732. The summed E-state index contributed by atoms with van der Waals surface area (Å²) in [6.45, 7) is 6.90. The van der Waals surface area contributed by atoms with Gasteiger partial charge in [-0.05, 0) is 48.4 Å². The maximum absolute atomic E-state index is 12.7. The molecular weight excluding hydrogens is 464 g/mol. The number of amides is 3. The maximum Gasteiger partial charge on any atom is 0.261 e. The van der Waals surface area contributed by atoms with Gasteiger partial charge in [-0.25, -0.2) is 0 Å². The minimum atomic E-state index is -0.295. The van der Waals surface area contributed by atoms with Crippen LogP contribution in [0, 0.1) is 0 Å².